The largest absolute Gasteiger partial charge is 0.493 e. The second-order valence-corrected chi connectivity index (χ2v) is 8.38. The highest BCUT2D eigenvalue weighted by atomic mass is 35.5. The first-order valence-electron chi connectivity index (χ1n) is 10.1. The van der Waals surface area contributed by atoms with Crippen LogP contribution in [-0.4, -0.2) is 19.6 Å². The van der Waals surface area contributed by atoms with E-state index in [9.17, 15) is 4.79 Å². The number of carbonyl (C=O) groups is 1. The van der Waals surface area contributed by atoms with Crippen molar-refractivity contribution < 1.29 is 14.3 Å². The van der Waals surface area contributed by atoms with E-state index >= 15 is 0 Å². The van der Waals surface area contributed by atoms with E-state index in [2.05, 4.69) is 36.6 Å². The van der Waals surface area contributed by atoms with Gasteiger partial charge in [0, 0.05) is 22.9 Å². The van der Waals surface area contributed by atoms with E-state index in [1.54, 1.807) is 18.2 Å². The van der Waals surface area contributed by atoms with Crippen molar-refractivity contribution in [2.45, 2.75) is 27.3 Å². The third-order valence-corrected chi connectivity index (χ3v) is 5.78. The molecule has 0 aliphatic carbocycles. The molecule has 5 nitrogen and oxygen atoms in total. The SMILES string of the molecule is COc1cc(CNc2ccc(C)c(C)c2)cc(Cl)c1OCC(=O)Nc1ccc(C)c(Cl)c1. The van der Waals surface area contributed by atoms with Crippen LogP contribution in [0.2, 0.25) is 10.0 Å². The molecule has 0 saturated carbocycles. The van der Waals surface area contributed by atoms with Crippen molar-refractivity contribution in [3.05, 3.63) is 80.8 Å². The molecule has 0 spiro atoms. The average molecular weight is 473 g/mol. The van der Waals surface area contributed by atoms with Crippen molar-refractivity contribution in [2.75, 3.05) is 24.4 Å². The number of amides is 1. The lowest BCUT2D eigenvalue weighted by atomic mass is 10.1. The summed E-state index contributed by atoms with van der Waals surface area (Å²) < 4.78 is 11.1. The predicted octanol–water partition coefficient (Wildman–Crippen LogP) is 6.56. The summed E-state index contributed by atoms with van der Waals surface area (Å²) in [6, 6.07) is 15.2. The number of hydrogen-bond donors (Lipinski definition) is 2. The molecule has 0 aromatic heterocycles. The van der Waals surface area contributed by atoms with Gasteiger partial charge in [0.05, 0.1) is 12.1 Å². The lowest BCUT2D eigenvalue weighted by Gasteiger charge is -2.15. The van der Waals surface area contributed by atoms with Crippen molar-refractivity contribution in [3.8, 4) is 11.5 Å². The molecule has 2 N–H and O–H groups in total. The zero-order chi connectivity index (χ0) is 23.3. The fourth-order valence-electron chi connectivity index (χ4n) is 3.08. The maximum Gasteiger partial charge on any atom is 0.262 e. The summed E-state index contributed by atoms with van der Waals surface area (Å²) in [6.07, 6.45) is 0. The zero-order valence-corrected chi connectivity index (χ0v) is 20.0. The summed E-state index contributed by atoms with van der Waals surface area (Å²) in [6.45, 7) is 6.40. The minimum Gasteiger partial charge on any atom is -0.493 e. The number of benzene rings is 3. The van der Waals surface area contributed by atoms with Crippen molar-refractivity contribution in [3.63, 3.8) is 0 Å². The molecule has 3 aromatic carbocycles. The molecule has 3 rings (SSSR count). The summed E-state index contributed by atoms with van der Waals surface area (Å²) in [5, 5.41) is 7.09. The van der Waals surface area contributed by atoms with Gasteiger partial charge in [0.1, 0.15) is 0 Å². The molecule has 7 heteroatoms. The van der Waals surface area contributed by atoms with E-state index in [-0.39, 0.29) is 12.5 Å². The molecule has 0 heterocycles. The summed E-state index contributed by atoms with van der Waals surface area (Å²) in [5.74, 6) is 0.449. The number of ether oxygens (including phenoxy) is 2. The number of hydrogen-bond acceptors (Lipinski definition) is 4. The number of aryl methyl sites for hydroxylation is 3. The molecule has 0 saturated heterocycles. The summed E-state index contributed by atoms with van der Waals surface area (Å²) in [4.78, 5) is 12.3. The van der Waals surface area contributed by atoms with Crippen LogP contribution in [0.25, 0.3) is 0 Å². The fourth-order valence-corrected chi connectivity index (χ4v) is 3.54. The molecule has 0 atom stereocenters. The molecule has 3 aromatic rings. The molecule has 32 heavy (non-hydrogen) atoms. The van der Waals surface area contributed by atoms with E-state index in [4.69, 9.17) is 32.7 Å². The Balaban J connectivity index is 1.64. The molecule has 0 aliphatic heterocycles. The second kappa shape index (κ2) is 10.6. The fraction of sp³-hybridized carbons (Fsp3) is 0.240. The average Bonchev–Trinajstić information content (AvgIpc) is 2.76. The third-order valence-electron chi connectivity index (χ3n) is 5.10. The number of anilines is 2. The monoisotopic (exact) mass is 472 g/mol. The van der Waals surface area contributed by atoms with Crippen LogP contribution >= 0.6 is 23.2 Å². The Morgan fingerprint density at radius 3 is 2.28 bits per heavy atom. The highest BCUT2D eigenvalue weighted by Gasteiger charge is 2.14. The van der Waals surface area contributed by atoms with E-state index in [1.807, 2.05) is 25.1 Å². The van der Waals surface area contributed by atoms with Gasteiger partial charge in [0.15, 0.2) is 18.1 Å². The van der Waals surface area contributed by atoms with Crippen molar-refractivity contribution >= 4 is 40.5 Å². The van der Waals surface area contributed by atoms with Gasteiger partial charge in [-0.15, -0.1) is 0 Å². The van der Waals surface area contributed by atoms with Gasteiger partial charge in [-0.3, -0.25) is 4.79 Å². The second-order valence-electron chi connectivity index (χ2n) is 7.56. The minimum absolute atomic E-state index is 0.220. The number of methoxy groups -OCH3 is 1. The number of halogens is 2. The highest BCUT2D eigenvalue weighted by Crippen LogP contribution is 2.36. The maximum absolute atomic E-state index is 12.3. The van der Waals surface area contributed by atoms with Gasteiger partial charge in [-0.1, -0.05) is 35.3 Å². The summed E-state index contributed by atoms with van der Waals surface area (Å²) in [7, 11) is 1.54. The van der Waals surface area contributed by atoms with Crippen LogP contribution < -0.4 is 20.1 Å². The first kappa shape index (κ1) is 23.8. The molecule has 0 radical (unpaired) electrons. The van der Waals surface area contributed by atoms with Crippen LogP contribution in [0.15, 0.2) is 48.5 Å². The van der Waals surface area contributed by atoms with E-state index < -0.39 is 0 Å². The molecular weight excluding hydrogens is 447 g/mol. The number of nitrogens with one attached hydrogen (secondary N) is 2. The molecule has 168 valence electrons. The van der Waals surface area contributed by atoms with Crippen LogP contribution in [0.4, 0.5) is 11.4 Å². The van der Waals surface area contributed by atoms with Gasteiger partial charge in [0.2, 0.25) is 0 Å². The highest BCUT2D eigenvalue weighted by molar-refractivity contribution is 6.32. The molecule has 1 amide bonds. The van der Waals surface area contributed by atoms with Crippen molar-refractivity contribution in [1.82, 2.24) is 0 Å². The zero-order valence-electron chi connectivity index (χ0n) is 18.5. The van der Waals surface area contributed by atoms with Gasteiger partial charge in [-0.2, -0.15) is 0 Å². The van der Waals surface area contributed by atoms with Gasteiger partial charge in [-0.05, 0) is 79.4 Å². The maximum atomic E-state index is 12.3. The Bertz CT molecular complexity index is 1130. The topological polar surface area (TPSA) is 59.6 Å². The Morgan fingerprint density at radius 2 is 1.59 bits per heavy atom. The van der Waals surface area contributed by atoms with Crippen LogP contribution in [0.5, 0.6) is 11.5 Å². The Kier molecular flexibility index (Phi) is 7.89. The Morgan fingerprint density at radius 1 is 0.875 bits per heavy atom. The van der Waals surface area contributed by atoms with Gasteiger partial charge >= 0.3 is 0 Å². The molecule has 0 bridgehead atoms. The first-order chi connectivity index (χ1) is 15.3. The van der Waals surface area contributed by atoms with Gasteiger partial charge in [0.25, 0.3) is 5.91 Å². The Labute approximate surface area is 198 Å². The first-order valence-corrected chi connectivity index (χ1v) is 10.9. The van der Waals surface area contributed by atoms with E-state index in [1.165, 1.54) is 18.2 Å². The predicted molar refractivity (Wildman–Crippen MR) is 132 cm³/mol. The standard InChI is InChI=1S/C25H26Cl2N2O3/c1-15-5-7-19(9-17(15)3)28-13-18-10-22(27)25(23(11-18)31-4)32-14-24(30)29-20-8-6-16(2)21(26)12-20/h5-12,28H,13-14H2,1-4H3,(H,29,30). The van der Waals surface area contributed by atoms with Crippen LogP contribution in [0.1, 0.15) is 22.3 Å². The summed E-state index contributed by atoms with van der Waals surface area (Å²) in [5.41, 5.74) is 5.95. The molecule has 0 aliphatic rings. The van der Waals surface area contributed by atoms with E-state index in [0.717, 1.165) is 16.8 Å². The summed E-state index contributed by atoms with van der Waals surface area (Å²) >= 11 is 12.5. The van der Waals surface area contributed by atoms with Gasteiger partial charge < -0.3 is 20.1 Å². The van der Waals surface area contributed by atoms with E-state index in [0.29, 0.717) is 33.8 Å². The van der Waals surface area contributed by atoms with Crippen LogP contribution in [-0.2, 0) is 11.3 Å². The molecule has 0 unspecified atom stereocenters. The van der Waals surface area contributed by atoms with Gasteiger partial charge in [-0.25, -0.2) is 0 Å². The number of rotatable bonds is 8. The third kappa shape index (κ3) is 6.09. The van der Waals surface area contributed by atoms with Crippen molar-refractivity contribution in [2.24, 2.45) is 0 Å². The van der Waals surface area contributed by atoms with Crippen LogP contribution in [0.3, 0.4) is 0 Å². The van der Waals surface area contributed by atoms with Crippen LogP contribution in [0, 0.1) is 20.8 Å². The van der Waals surface area contributed by atoms with Crippen molar-refractivity contribution in [1.29, 1.82) is 0 Å². The number of carbonyl (C=O) groups excluding carboxylic acids is 1. The quantitative estimate of drug-likeness (QED) is 0.389. The Hall–Kier alpha value is -2.89. The lowest BCUT2D eigenvalue weighted by molar-refractivity contribution is -0.118. The minimum atomic E-state index is -0.330. The smallest absolute Gasteiger partial charge is 0.262 e. The molecule has 0 fully saturated rings. The molecular formula is C25H26Cl2N2O3. The lowest BCUT2D eigenvalue weighted by Crippen LogP contribution is -2.20. The normalized spacial score (nSPS) is 10.6.